The molecule has 1 spiro atoms. The van der Waals surface area contributed by atoms with E-state index in [1.165, 1.54) is 16.7 Å². The predicted molar refractivity (Wildman–Crippen MR) is 167 cm³/mol. The van der Waals surface area contributed by atoms with Crippen molar-refractivity contribution in [2.45, 2.75) is 39.2 Å². The number of rotatable bonds is 6. The Morgan fingerprint density at radius 1 is 0.690 bits per heavy atom. The van der Waals surface area contributed by atoms with Crippen molar-refractivity contribution < 1.29 is 14.3 Å². The van der Waals surface area contributed by atoms with Gasteiger partial charge >= 0.3 is 5.97 Å². The molecule has 5 aromatic rings. The maximum Gasteiger partial charge on any atom is 0.340 e. The molecule has 42 heavy (non-hydrogen) atoms. The molecule has 0 amide bonds. The molecule has 2 aliphatic heterocycles. The fraction of sp³-hybridized carbons (Fsp3) is 0.184. The number of hydrogen-bond acceptors (Lipinski definition) is 4. The van der Waals surface area contributed by atoms with Crippen molar-refractivity contribution >= 4 is 17.3 Å². The Morgan fingerprint density at radius 2 is 1.43 bits per heavy atom. The zero-order valence-corrected chi connectivity index (χ0v) is 24.2. The van der Waals surface area contributed by atoms with Crippen LogP contribution in [-0.2, 0) is 23.2 Å². The Morgan fingerprint density at radius 3 is 2.24 bits per heavy atom. The quantitative estimate of drug-likeness (QED) is 0.198. The van der Waals surface area contributed by atoms with Crippen LogP contribution in [0.3, 0.4) is 0 Å². The molecular weight excluding hydrogens is 518 g/mol. The zero-order valence-electron chi connectivity index (χ0n) is 24.2. The molecule has 4 heteroatoms. The van der Waals surface area contributed by atoms with E-state index in [1.807, 2.05) is 30.3 Å². The van der Waals surface area contributed by atoms with Crippen LogP contribution in [0.25, 0.3) is 0 Å². The van der Waals surface area contributed by atoms with E-state index < -0.39 is 5.60 Å². The number of nitrogens with zero attached hydrogens (tertiary/aromatic N) is 1. The summed E-state index contributed by atoms with van der Waals surface area (Å²) in [6.07, 6.45) is 1.80. The molecule has 0 aliphatic carbocycles. The molecule has 0 radical (unpaired) electrons. The molecule has 2 heterocycles. The fourth-order valence-corrected chi connectivity index (χ4v) is 6.57. The normalized spacial score (nSPS) is 16.3. The lowest BCUT2D eigenvalue weighted by atomic mass is 9.76. The van der Waals surface area contributed by atoms with Gasteiger partial charge in [-0.15, -0.1) is 0 Å². The Hall–Kier alpha value is -4.83. The maximum absolute atomic E-state index is 13.4. The Balaban J connectivity index is 1.38. The van der Waals surface area contributed by atoms with Gasteiger partial charge in [-0.1, -0.05) is 66.7 Å². The molecule has 0 bridgehead atoms. The van der Waals surface area contributed by atoms with Crippen molar-refractivity contribution in [2.75, 3.05) is 11.4 Å². The monoisotopic (exact) mass is 551 g/mol. The number of benzene rings is 5. The van der Waals surface area contributed by atoms with Gasteiger partial charge in [-0.25, -0.2) is 4.79 Å². The number of para-hydroxylation sites is 1. The van der Waals surface area contributed by atoms with Gasteiger partial charge in [0.2, 0.25) is 0 Å². The second-order valence-corrected chi connectivity index (χ2v) is 11.2. The lowest BCUT2D eigenvalue weighted by Gasteiger charge is -2.38. The number of aryl methyl sites for hydroxylation is 4. The summed E-state index contributed by atoms with van der Waals surface area (Å²) < 4.78 is 13.2. The molecule has 0 aromatic heterocycles. The third-order valence-corrected chi connectivity index (χ3v) is 8.71. The summed E-state index contributed by atoms with van der Waals surface area (Å²) in [4.78, 5) is 15.7. The first-order chi connectivity index (χ1) is 20.5. The smallest absolute Gasteiger partial charge is 0.340 e. The molecule has 1 unspecified atom stereocenters. The third kappa shape index (κ3) is 4.09. The minimum absolute atomic E-state index is 0.310. The van der Waals surface area contributed by atoms with E-state index in [4.69, 9.17) is 9.47 Å². The van der Waals surface area contributed by atoms with E-state index in [0.717, 1.165) is 58.8 Å². The van der Waals surface area contributed by atoms with Gasteiger partial charge in [0.15, 0.2) is 5.60 Å². The molecule has 0 saturated heterocycles. The van der Waals surface area contributed by atoms with E-state index in [2.05, 4.69) is 105 Å². The molecule has 0 fully saturated rings. The van der Waals surface area contributed by atoms with Crippen molar-refractivity contribution in [3.63, 3.8) is 0 Å². The van der Waals surface area contributed by atoms with E-state index in [1.54, 1.807) is 0 Å². The van der Waals surface area contributed by atoms with Gasteiger partial charge in [-0.05, 0) is 92.3 Å². The Labute approximate surface area is 247 Å². The second-order valence-electron chi connectivity index (χ2n) is 11.2. The van der Waals surface area contributed by atoms with Crippen molar-refractivity contribution in [1.82, 2.24) is 0 Å². The summed E-state index contributed by atoms with van der Waals surface area (Å²) in [5.74, 6) is 1.12. The van der Waals surface area contributed by atoms with Crippen LogP contribution in [-0.4, -0.2) is 12.5 Å². The average Bonchev–Trinajstić information content (AvgIpc) is 3.30. The first-order valence-electron chi connectivity index (χ1n) is 14.7. The molecule has 7 rings (SSSR count). The molecule has 0 saturated carbocycles. The number of anilines is 2. The van der Waals surface area contributed by atoms with Crippen LogP contribution >= 0.6 is 0 Å². The van der Waals surface area contributed by atoms with E-state index >= 15 is 0 Å². The van der Waals surface area contributed by atoms with Gasteiger partial charge in [0.25, 0.3) is 0 Å². The lowest BCUT2D eigenvalue weighted by Crippen LogP contribution is -2.33. The molecule has 4 nitrogen and oxygen atoms in total. The molecule has 0 N–H and O–H groups in total. The van der Waals surface area contributed by atoms with Crippen LogP contribution in [0, 0.1) is 13.8 Å². The summed E-state index contributed by atoms with van der Waals surface area (Å²) >= 11 is 0. The Kier molecular flexibility index (Phi) is 6.35. The van der Waals surface area contributed by atoms with Crippen LogP contribution < -0.4 is 9.64 Å². The zero-order chi connectivity index (χ0) is 28.8. The number of ether oxygens (including phenoxy) is 2. The fourth-order valence-electron chi connectivity index (χ4n) is 6.57. The SMILES string of the molecule is CCN(c1ccc2c(c1)Oc1cc(C)c(CCc3ccccc3)cc1C21OC(=O)c2ccccc21)c1ccccc1C. The summed E-state index contributed by atoms with van der Waals surface area (Å²) in [7, 11) is 0. The van der Waals surface area contributed by atoms with Crippen LogP contribution in [0.2, 0.25) is 0 Å². The van der Waals surface area contributed by atoms with Gasteiger partial charge in [-0.3, -0.25) is 0 Å². The van der Waals surface area contributed by atoms with Crippen LogP contribution in [0.1, 0.15) is 56.2 Å². The van der Waals surface area contributed by atoms with E-state index in [0.29, 0.717) is 11.3 Å². The Bertz CT molecular complexity index is 1830. The van der Waals surface area contributed by atoms with Crippen LogP contribution in [0.15, 0.2) is 109 Å². The highest BCUT2D eigenvalue weighted by atomic mass is 16.6. The van der Waals surface area contributed by atoms with Gasteiger partial charge in [0.05, 0.1) is 5.56 Å². The molecule has 1 atom stereocenters. The first kappa shape index (κ1) is 26.1. The predicted octanol–water partition coefficient (Wildman–Crippen LogP) is 8.81. The standard InChI is InChI=1S/C38H33NO3/c1-4-39(34-17-11-8-12-25(34)2)29-20-21-32-36(24-29)41-35-22-26(3)28(19-18-27-13-6-5-7-14-27)23-33(35)38(32)31-16-10-9-15-30(31)37(40)42-38/h5-17,20-24H,4,18-19H2,1-3H3. The summed E-state index contributed by atoms with van der Waals surface area (Å²) in [6.45, 7) is 7.21. The highest BCUT2D eigenvalue weighted by molar-refractivity contribution is 5.97. The third-order valence-electron chi connectivity index (χ3n) is 8.71. The lowest BCUT2D eigenvalue weighted by molar-refractivity contribution is 0.0224. The maximum atomic E-state index is 13.4. The number of carbonyl (C=O) groups excluding carboxylic acids is 1. The number of carbonyl (C=O) groups is 1. The highest BCUT2D eigenvalue weighted by Crippen LogP contribution is 2.57. The van der Waals surface area contributed by atoms with E-state index in [9.17, 15) is 4.79 Å². The first-order valence-corrected chi connectivity index (χ1v) is 14.7. The van der Waals surface area contributed by atoms with Crippen LogP contribution in [0.5, 0.6) is 11.5 Å². The van der Waals surface area contributed by atoms with Crippen molar-refractivity contribution in [3.05, 3.63) is 154 Å². The van der Waals surface area contributed by atoms with Crippen molar-refractivity contribution in [3.8, 4) is 11.5 Å². The molecule has 208 valence electrons. The van der Waals surface area contributed by atoms with Gasteiger partial charge in [0, 0.05) is 40.7 Å². The molecule has 5 aromatic carbocycles. The summed E-state index contributed by atoms with van der Waals surface area (Å²) in [6, 6.07) is 37.3. The summed E-state index contributed by atoms with van der Waals surface area (Å²) in [5, 5.41) is 0. The van der Waals surface area contributed by atoms with Gasteiger partial charge in [0.1, 0.15) is 11.5 Å². The second kappa shape index (κ2) is 10.2. The number of esters is 1. The molecular formula is C38H33NO3. The van der Waals surface area contributed by atoms with Crippen molar-refractivity contribution in [1.29, 1.82) is 0 Å². The largest absolute Gasteiger partial charge is 0.456 e. The van der Waals surface area contributed by atoms with Gasteiger partial charge < -0.3 is 14.4 Å². The molecule has 2 aliphatic rings. The van der Waals surface area contributed by atoms with Gasteiger partial charge in [-0.2, -0.15) is 0 Å². The topological polar surface area (TPSA) is 38.8 Å². The number of fused-ring (bicyclic) bond motifs is 6. The minimum Gasteiger partial charge on any atom is -0.456 e. The minimum atomic E-state index is -1.08. The van der Waals surface area contributed by atoms with Crippen molar-refractivity contribution in [2.24, 2.45) is 0 Å². The number of hydrogen-bond donors (Lipinski definition) is 0. The van der Waals surface area contributed by atoms with E-state index in [-0.39, 0.29) is 5.97 Å². The summed E-state index contributed by atoms with van der Waals surface area (Å²) in [5.41, 5.74) is 9.16. The highest BCUT2D eigenvalue weighted by Gasteiger charge is 2.53. The average molecular weight is 552 g/mol. The van der Waals surface area contributed by atoms with Crippen LogP contribution in [0.4, 0.5) is 11.4 Å².